The molecule has 0 spiro atoms. The summed E-state index contributed by atoms with van der Waals surface area (Å²) >= 11 is 0. The molecule has 2 atom stereocenters. The maximum absolute atomic E-state index is 9.81. The third kappa shape index (κ3) is 4.19. The summed E-state index contributed by atoms with van der Waals surface area (Å²) in [5.41, 5.74) is 0.931. The first-order valence-electron chi connectivity index (χ1n) is 8.91. The average Bonchev–Trinajstić information content (AvgIpc) is 2.58. The lowest BCUT2D eigenvalue weighted by Gasteiger charge is -2.41. The number of benzene rings is 1. The van der Waals surface area contributed by atoms with Crippen LogP contribution >= 0.6 is 0 Å². The Bertz CT molecular complexity index is 570. The Kier molecular flexibility index (Phi) is 6.89. The van der Waals surface area contributed by atoms with E-state index in [-0.39, 0.29) is 6.04 Å². The molecule has 0 bridgehead atoms. The van der Waals surface area contributed by atoms with E-state index in [2.05, 4.69) is 29.7 Å². The molecule has 2 rings (SSSR count). The number of ether oxygens (including phenoxy) is 2. The van der Waals surface area contributed by atoms with Crippen molar-refractivity contribution in [2.24, 2.45) is 0 Å². The number of nitrogens with zero attached hydrogens (tertiary/aromatic N) is 3. The number of rotatable bonds is 7. The Morgan fingerprint density at radius 1 is 1.21 bits per heavy atom. The van der Waals surface area contributed by atoms with Crippen molar-refractivity contribution in [1.82, 2.24) is 9.80 Å². The minimum Gasteiger partial charge on any atom is -0.494 e. The van der Waals surface area contributed by atoms with Crippen LogP contribution in [0.1, 0.15) is 39.3 Å². The van der Waals surface area contributed by atoms with E-state index in [4.69, 9.17) is 9.47 Å². The first-order valence-corrected chi connectivity index (χ1v) is 8.91. The zero-order chi connectivity index (χ0) is 17.5. The van der Waals surface area contributed by atoms with Crippen molar-refractivity contribution in [2.45, 2.75) is 39.8 Å². The van der Waals surface area contributed by atoms with Crippen LogP contribution in [0.15, 0.2) is 18.2 Å². The maximum Gasteiger partial charge on any atom is 0.128 e. The minimum absolute atomic E-state index is 0.288. The fraction of sp³-hybridized carbons (Fsp3) is 0.632. The minimum atomic E-state index is -0.288. The van der Waals surface area contributed by atoms with E-state index in [1.54, 1.807) is 0 Å². The number of likely N-dealkylation sites (N-methyl/N-ethyl adjacent to an activating group) is 1. The molecule has 0 N–H and O–H groups in total. The molecule has 132 valence electrons. The van der Waals surface area contributed by atoms with Gasteiger partial charge in [-0.3, -0.25) is 9.80 Å². The predicted molar refractivity (Wildman–Crippen MR) is 95.4 cm³/mol. The van der Waals surface area contributed by atoms with Crippen LogP contribution in [0.3, 0.4) is 0 Å². The predicted octanol–water partition coefficient (Wildman–Crippen LogP) is 3.07. The van der Waals surface area contributed by atoms with Crippen LogP contribution in [0.2, 0.25) is 0 Å². The second-order valence-electron chi connectivity index (χ2n) is 6.07. The largest absolute Gasteiger partial charge is 0.494 e. The van der Waals surface area contributed by atoms with Gasteiger partial charge in [0.1, 0.15) is 17.5 Å². The molecule has 1 aliphatic rings. The Morgan fingerprint density at radius 3 is 2.54 bits per heavy atom. The normalized spacial score (nSPS) is 20.4. The lowest BCUT2D eigenvalue weighted by Crippen LogP contribution is -2.52. The van der Waals surface area contributed by atoms with Gasteiger partial charge in [-0.2, -0.15) is 5.26 Å². The Hall–Kier alpha value is -1.77. The van der Waals surface area contributed by atoms with Gasteiger partial charge in [0.2, 0.25) is 0 Å². The quantitative estimate of drug-likeness (QED) is 0.768. The molecule has 2 unspecified atom stereocenters. The fourth-order valence-electron chi connectivity index (χ4n) is 3.35. The summed E-state index contributed by atoms with van der Waals surface area (Å²) in [6.45, 7) is 13.4. The molecule has 1 aliphatic heterocycles. The summed E-state index contributed by atoms with van der Waals surface area (Å²) in [7, 11) is 0. The average molecular weight is 331 g/mol. The first kappa shape index (κ1) is 18.6. The second kappa shape index (κ2) is 8.91. The molecular weight excluding hydrogens is 302 g/mol. The summed E-state index contributed by atoms with van der Waals surface area (Å²) in [6, 6.07) is 8.45. The third-order valence-electron chi connectivity index (χ3n) is 4.58. The van der Waals surface area contributed by atoms with Crippen molar-refractivity contribution in [3.8, 4) is 17.6 Å². The molecule has 1 heterocycles. The van der Waals surface area contributed by atoms with Crippen LogP contribution in [0.4, 0.5) is 0 Å². The summed E-state index contributed by atoms with van der Waals surface area (Å²) < 4.78 is 11.4. The van der Waals surface area contributed by atoms with E-state index >= 15 is 0 Å². The fourth-order valence-corrected chi connectivity index (χ4v) is 3.35. The second-order valence-corrected chi connectivity index (χ2v) is 6.07. The van der Waals surface area contributed by atoms with Crippen LogP contribution < -0.4 is 9.47 Å². The third-order valence-corrected chi connectivity index (χ3v) is 4.58. The molecular formula is C19H29N3O2. The van der Waals surface area contributed by atoms with Gasteiger partial charge in [-0.05, 0) is 39.4 Å². The maximum atomic E-state index is 9.81. The molecule has 24 heavy (non-hydrogen) atoms. The SMILES string of the molecule is CCOc1ccc(C(C#N)N2CCN(CC)C(C)C2)c(OCC)c1. The van der Waals surface area contributed by atoms with Gasteiger partial charge in [-0.1, -0.05) is 6.92 Å². The van der Waals surface area contributed by atoms with Crippen molar-refractivity contribution >= 4 is 0 Å². The lowest BCUT2D eigenvalue weighted by atomic mass is 10.0. The van der Waals surface area contributed by atoms with Gasteiger partial charge in [0.25, 0.3) is 0 Å². The molecule has 0 aliphatic carbocycles. The highest BCUT2D eigenvalue weighted by molar-refractivity contribution is 5.44. The molecule has 1 saturated heterocycles. The van der Waals surface area contributed by atoms with E-state index in [0.29, 0.717) is 19.3 Å². The van der Waals surface area contributed by atoms with Gasteiger partial charge in [-0.25, -0.2) is 0 Å². The van der Waals surface area contributed by atoms with Crippen molar-refractivity contribution in [3.63, 3.8) is 0 Å². The van der Waals surface area contributed by atoms with E-state index in [0.717, 1.165) is 43.2 Å². The molecule has 0 saturated carbocycles. The van der Waals surface area contributed by atoms with Crippen LogP contribution in [0, 0.1) is 11.3 Å². The topological polar surface area (TPSA) is 48.7 Å². The van der Waals surface area contributed by atoms with Crippen LogP contribution in [0.25, 0.3) is 0 Å². The summed E-state index contributed by atoms with van der Waals surface area (Å²) in [5.74, 6) is 1.53. The van der Waals surface area contributed by atoms with E-state index in [1.807, 2.05) is 32.0 Å². The van der Waals surface area contributed by atoms with Crippen molar-refractivity contribution in [2.75, 3.05) is 39.4 Å². The van der Waals surface area contributed by atoms with Gasteiger partial charge in [0, 0.05) is 37.3 Å². The number of hydrogen-bond donors (Lipinski definition) is 0. The Balaban J connectivity index is 2.25. The van der Waals surface area contributed by atoms with Gasteiger partial charge in [0.05, 0.1) is 19.3 Å². The van der Waals surface area contributed by atoms with Crippen molar-refractivity contribution in [3.05, 3.63) is 23.8 Å². The standard InChI is InChI=1S/C19H29N3O2/c1-5-21-10-11-22(14-15(21)4)18(13-20)17-9-8-16(23-6-2)12-19(17)24-7-3/h8-9,12,15,18H,5-7,10-11,14H2,1-4H3. The molecule has 1 fully saturated rings. The molecule has 0 amide bonds. The Morgan fingerprint density at radius 2 is 1.96 bits per heavy atom. The van der Waals surface area contributed by atoms with Crippen LogP contribution in [-0.2, 0) is 0 Å². The highest BCUT2D eigenvalue weighted by Gasteiger charge is 2.30. The molecule has 1 aromatic carbocycles. The number of piperazine rings is 1. The van der Waals surface area contributed by atoms with Crippen molar-refractivity contribution < 1.29 is 9.47 Å². The number of hydrogen-bond acceptors (Lipinski definition) is 5. The zero-order valence-corrected chi connectivity index (χ0v) is 15.3. The molecule has 0 aromatic heterocycles. The van der Waals surface area contributed by atoms with Crippen LogP contribution in [-0.4, -0.2) is 55.2 Å². The highest BCUT2D eigenvalue weighted by atomic mass is 16.5. The van der Waals surface area contributed by atoms with Crippen LogP contribution in [0.5, 0.6) is 11.5 Å². The van der Waals surface area contributed by atoms with Crippen molar-refractivity contribution in [1.29, 1.82) is 5.26 Å². The van der Waals surface area contributed by atoms with E-state index in [1.165, 1.54) is 0 Å². The lowest BCUT2D eigenvalue weighted by molar-refractivity contribution is 0.0722. The Labute approximate surface area is 145 Å². The zero-order valence-electron chi connectivity index (χ0n) is 15.3. The summed E-state index contributed by atoms with van der Waals surface area (Å²) in [4.78, 5) is 4.71. The summed E-state index contributed by atoms with van der Waals surface area (Å²) in [6.07, 6.45) is 0. The molecule has 5 nitrogen and oxygen atoms in total. The monoisotopic (exact) mass is 331 g/mol. The first-order chi connectivity index (χ1) is 11.6. The van der Waals surface area contributed by atoms with Gasteiger partial charge >= 0.3 is 0 Å². The van der Waals surface area contributed by atoms with E-state index < -0.39 is 0 Å². The van der Waals surface area contributed by atoms with Gasteiger partial charge < -0.3 is 9.47 Å². The van der Waals surface area contributed by atoms with E-state index in [9.17, 15) is 5.26 Å². The smallest absolute Gasteiger partial charge is 0.128 e. The molecule has 5 heteroatoms. The highest BCUT2D eigenvalue weighted by Crippen LogP contribution is 2.33. The summed E-state index contributed by atoms with van der Waals surface area (Å²) in [5, 5.41) is 9.81. The number of nitriles is 1. The molecule has 0 radical (unpaired) electrons. The molecule has 1 aromatic rings. The van der Waals surface area contributed by atoms with Gasteiger partial charge in [0.15, 0.2) is 0 Å². The van der Waals surface area contributed by atoms with Gasteiger partial charge in [-0.15, -0.1) is 0 Å².